The number of ether oxygens (including phenoxy) is 1. The number of amides is 1. The number of benzene rings is 2. The van der Waals surface area contributed by atoms with Crippen LogP contribution in [0.2, 0.25) is 5.02 Å². The molecule has 0 bridgehead atoms. The summed E-state index contributed by atoms with van der Waals surface area (Å²) in [7, 11) is 0. The molecule has 30 heavy (non-hydrogen) atoms. The van der Waals surface area contributed by atoms with Crippen molar-refractivity contribution in [2.75, 3.05) is 6.54 Å². The Morgan fingerprint density at radius 2 is 1.47 bits per heavy atom. The molecule has 0 aliphatic heterocycles. The Hall–Kier alpha value is -2.33. The lowest BCUT2D eigenvalue weighted by molar-refractivity contribution is -0.129. The molecule has 0 unspecified atom stereocenters. The summed E-state index contributed by atoms with van der Waals surface area (Å²) in [5, 5.41) is 3.48. The molecule has 0 spiro atoms. The smallest absolute Gasteiger partial charge is 0.251 e. The summed E-state index contributed by atoms with van der Waals surface area (Å²) in [5.41, 5.74) is 0.817. The van der Waals surface area contributed by atoms with Crippen LogP contribution in [0.15, 0.2) is 48.5 Å². The second kappa shape index (κ2) is 14.6. The van der Waals surface area contributed by atoms with Crippen molar-refractivity contribution < 1.29 is 14.3 Å². The number of hydrogen-bond acceptors (Lipinski definition) is 3. The third-order valence-electron chi connectivity index (χ3n) is 3.95. The van der Waals surface area contributed by atoms with Crippen LogP contribution in [0, 0.1) is 0 Å². The van der Waals surface area contributed by atoms with Crippen LogP contribution in [-0.4, -0.2) is 23.8 Å². The molecule has 1 N–H and O–H groups in total. The van der Waals surface area contributed by atoms with E-state index in [0.29, 0.717) is 29.3 Å². The first kappa shape index (κ1) is 27.7. The van der Waals surface area contributed by atoms with Gasteiger partial charge in [0.25, 0.3) is 5.91 Å². The molecule has 2 rings (SSSR count). The zero-order chi connectivity index (χ0) is 23.2. The molecule has 0 radical (unpaired) electrons. The van der Waals surface area contributed by atoms with Crippen LogP contribution in [0.5, 0.6) is 5.75 Å². The number of hydrogen-bond donors (Lipinski definition) is 1. The van der Waals surface area contributed by atoms with Gasteiger partial charge in [-0.05, 0) is 69.2 Å². The largest absolute Gasteiger partial charge is 0.480 e. The highest BCUT2D eigenvalue weighted by atomic mass is 35.5. The van der Waals surface area contributed by atoms with E-state index < -0.39 is 5.60 Å². The zero-order valence-corrected chi connectivity index (χ0v) is 20.1. The molecule has 0 saturated heterocycles. The van der Waals surface area contributed by atoms with Gasteiger partial charge in [-0.3, -0.25) is 9.59 Å². The molecule has 0 aliphatic carbocycles. The lowest BCUT2D eigenvalue weighted by Gasteiger charge is -2.23. The highest BCUT2D eigenvalue weighted by molar-refractivity contribution is 6.30. The van der Waals surface area contributed by atoms with Crippen LogP contribution in [-0.2, 0) is 11.2 Å². The summed E-state index contributed by atoms with van der Waals surface area (Å²) in [5.74, 6) is 0.496. The molecule has 0 heterocycles. The van der Waals surface area contributed by atoms with Gasteiger partial charge in [0.15, 0.2) is 11.4 Å². The van der Waals surface area contributed by atoms with Crippen LogP contribution in [0.1, 0.15) is 70.8 Å². The number of ketones is 1. The Bertz CT molecular complexity index is 753. The van der Waals surface area contributed by atoms with E-state index in [1.807, 2.05) is 38.1 Å². The Morgan fingerprint density at radius 1 is 0.967 bits per heavy atom. The fourth-order valence-corrected chi connectivity index (χ4v) is 2.24. The fraction of sp³-hybridized carbons (Fsp3) is 0.440. The summed E-state index contributed by atoms with van der Waals surface area (Å²) in [6.07, 6.45) is 1.95. The highest BCUT2D eigenvalue weighted by Gasteiger charge is 2.25. The van der Waals surface area contributed by atoms with E-state index in [0.717, 1.165) is 5.56 Å². The molecule has 5 heteroatoms. The van der Waals surface area contributed by atoms with Crippen LogP contribution in [0.4, 0.5) is 0 Å². The molecule has 0 aliphatic rings. The molecule has 0 fully saturated rings. The number of carbonyl (C=O) groups is 2. The standard InChI is InChI=1S/C20H22ClNO3.C3H8.C2H6/c1-14(23)20(2,3)25-18-10-4-15(5-11-18)12-13-22-19(24)16-6-8-17(21)9-7-16;1-3-2;1-2/h4-11H,12-13H2,1-3H3,(H,22,24);3H2,1-2H3;1-2H3. The van der Waals surface area contributed by atoms with Crippen LogP contribution >= 0.6 is 11.6 Å². The van der Waals surface area contributed by atoms with Gasteiger partial charge < -0.3 is 10.1 Å². The van der Waals surface area contributed by atoms with Crippen molar-refractivity contribution in [3.05, 3.63) is 64.7 Å². The molecular formula is C25H36ClNO3. The van der Waals surface area contributed by atoms with Gasteiger partial charge in [-0.2, -0.15) is 0 Å². The molecule has 4 nitrogen and oxygen atoms in total. The van der Waals surface area contributed by atoms with Crippen molar-refractivity contribution in [1.82, 2.24) is 5.32 Å². The van der Waals surface area contributed by atoms with E-state index >= 15 is 0 Å². The van der Waals surface area contributed by atoms with Gasteiger partial charge in [0.2, 0.25) is 0 Å². The summed E-state index contributed by atoms with van der Waals surface area (Å²) in [6.45, 7) is 13.8. The Balaban J connectivity index is 0.00000154. The molecule has 2 aromatic carbocycles. The Morgan fingerprint density at radius 3 is 1.93 bits per heavy atom. The average Bonchev–Trinajstić information content (AvgIpc) is 2.71. The summed E-state index contributed by atoms with van der Waals surface area (Å²) >= 11 is 5.81. The minimum atomic E-state index is -0.839. The molecule has 1 amide bonds. The SMILES string of the molecule is CC.CC(=O)C(C)(C)Oc1ccc(CCNC(=O)c2ccc(Cl)cc2)cc1.CCC. The average molecular weight is 434 g/mol. The Labute approximate surface area is 187 Å². The van der Waals surface area contributed by atoms with Crippen LogP contribution in [0.3, 0.4) is 0 Å². The molecule has 0 saturated carbocycles. The van der Waals surface area contributed by atoms with Gasteiger partial charge in [-0.25, -0.2) is 0 Å². The monoisotopic (exact) mass is 433 g/mol. The van der Waals surface area contributed by atoms with E-state index in [1.165, 1.54) is 13.3 Å². The molecule has 166 valence electrons. The number of rotatable bonds is 7. The first-order valence-corrected chi connectivity index (χ1v) is 10.9. The molecule has 2 aromatic rings. The van der Waals surface area contributed by atoms with Crippen LogP contribution < -0.4 is 10.1 Å². The van der Waals surface area contributed by atoms with Gasteiger partial charge in [0, 0.05) is 17.1 Å². The number of halogens is 1. The second-order valence-corrected chi connectivity index (χ2v) is 7.47. The van der Waals surface area contributed by atoms with Crippen LogP contribution in [0.25, 0.3) is 0 Å². The zero-order valence-electron chi connectivity index (χ0n) is 19.3. The van der Waals surface area contributed by atoms with E-state index in [-0.39, 0.29) is 11.7 Å². The van der Waals surface area contributed by atoms with E-state index in [9.17, 15) is 9.59 Å². The fourth-order valence-electron chi connectivity index (χ4n) is 2.11. The van der Waals surface area contributed by atoms with Crippen molar-refractivity contribution in [3.63, 3.8) is 0 Å². The van der Waals surface area contributed by atoms with Gasteiger partial charge in [-0.1, -0.05) is 57.8 Å². The van der Waals surface area contributed by atoms with E-state index in [2.05, 4.69) is 19.2 Å². The van der Waals surface area contributed by atoms with Gasteiger partial charge in [-0.15, -0.1) is 0 Å². The summed E-state index contributed by atoms with van der Waals surface area (Å²) in [6, 6.07) is 14.3. The molecule has 0 aromatic heterocycles. The third-order valence-corrected chi connectivity index (χ3v) is 4.20. The van der Waals surface area contributed by atoms with Gasteiger partial charge in [0.1, 0.15) is 5.75 Å². The summed E-state index contributed by atoms with van der Waals surface area (Å²) in [4.78, 5) is 23.5. The van der Waals surface area contributed by atoms with Crippen molar-refractivity contribution in [3.8, 4) is 5.75 Å². The lowest BCUT2D eigenvalue weighted by atomic mass is 10.1. The maximum atomic E-state index is 12.0. The minimum absolute atomic E-state index is 0.0264. The lowest BCUT2D eigenvalue weighted by Crippen LogP contribution is -2.36. The quantitative estimate of drug-likeness (QED) is 0.542. The van der Waals surface area contributed by atoms with Gasteiger partial charge in [0.05, 0.1) is 0 Å². The van der Waals surface area contributed by atoms with Gasteiger partial charge >= 0.3 is 0 Å². The highest BCUT2D eigenvalue weighted by Crippen LogP contribution is 2.20. The van der Waals surface area contributed by atoms with Crippen molar-refractivity contribution in [2.45, 2.75) is 66.9 Å². The first-order chi connectivity index (χ1) is 14.2. The van der Waals surface area contributed by atoms with E-state index in [4.69, 9.17) is 16.3 Å². The van der Waals surface area contributed by atoms with Crippen molar-refractivity contribution in [2.24, 2.45) is 0 Å². The number of nitrogens with one attached hydrogen (secondary N) is 1. The second-order valence-electron chi connectivity index (χ2n) is 7.03. The molecular weight excluding hydrogens is 398 g/mol. The van der Waals surface area contributed by atoms with Crippen molar-refractivity contribution in [1.29, 1.82) is 0 Å². The minimum Gasteiger partial charge on any atom is -0.480 e. The van der Waals surface area contributed by atoms with Crippen molar-refractivity contribution >= 4 is 23.3 Å². The number of carbonyl (C=O) groups excluding carboxylic acids is 2. The Kier molecular flexibility index (Phi) is 13.5. The van der Waals surface area contributed by atoms with E-state index in [1.54, 1.807) is 38.1 Å². The maximum Gasteiger partial charge on any atom is 0.251 e. The maximum absolute atomic E-state index is 12.0. The molecule has 0 atom stereocenters. The normalized spacial score (nSPS) is 10.0. The predicted molar refractivity (Wildman–Crippen MR) is 127 cm³/mol. The first-order valence-electron chi connectivity index (χ1n) is 10.5. The topological polar surface area (TPSA) is 55.4 Å². The number of Topliss-reactive ketones (excluding diaryl/α,β-unsaturated/α-hetero) is 1. The summed E-state index contributed by atoms with van der Waals surface area (Å²) < 4.78 is 5.70. The third kappa shape index (κ3) is 10.4. The predicted octanol–water partition coefficient (Wildman–Crippen LogP) is 6.50.